The molecule has 1 aliphatic carbocycles. The van der Waals surface area contributed by atoms with Crippen LogP contribution in [-0.4, -0.2) is 40.9 Å². The Hall–Kier alpha value is -0.870. The van der Waals surface area contributed by atoms with Crippen LogP contribution in [0, 0.1) is 11.3 Å². The van der Waals surface area contributed by atoms with Crippen LogP contribution >= 0.6 is 0 Å². The predicted molar refractivity (Wildman–Crippen MR) is 88.1 cm³/mol. The minimum atomic E-state index is 0.426. The number of nitrogens with zero attached hydrogens (tertiary/aromatic N) is 3. The lowest BCUT2D eigenvalue weighted by atomic mass is 9.84. The number of hydrogen-bond donors (Lipinski definition) is 1. The predicted octanol–water partition coefficient (Wildman–Crippen LogP) is 2.66. The highest BCUT2D eigenvalue weighted by Gasteiger charge is 2.41. The number of hydrogen-bond acceptors (Lipinski definition) is 3. The van der Waals surface area contributed by atoms with Gasteiger partial charge in [0, 0.05) is 37.9 Å². The summed E-state index contributed by atoms with van der Waals surface area (Å²) in [7, 11) is 4.21. The van der Waals surface area contributed by atoms with E-state index >= 15 is 0 Å². The van der Waals surface area contributed by atoms with Gasteiger partial charge >= 0.3 is 0 Å². The largest absolute Gasteiger partial charge is 0.313 e. The fourth-order valence-electron chi connectivity index (χ4n) is 3.79. The topological polar surface area (TPSA) is 33.1 Å². The molecule has 0 bridgehead atoms. The van der Waals surface area contributed by atoms with Crippen LogP contribution in [0.15, 0.2) is 12.4 Å². The zero-order chi connectivity index (χ0) is 15.5. The third-order valence-corrected chi connectivity index (χ3v) is 4.84. The van der Waals surface area contributed by atoms with Gasteiger partial charge in [0.2, 0.25) is 0 Å². The van der Waals surface area contributed by atoms with Crippen molar-refractivity contribution in [3.05, 3.63) is 18.0 Å². The van der Waals surface area contributed by atoms with Crippen molar-refractivity contribution >= 4 is 0 Å². The molecule has 1 aromatic rings. The third-order valence-electron chi connectivity index (χ3n) is 4.84. The van der Waals surface area contributed by atoms with Gasteiger partial charge in [0.05, 0.1) is 6.20 Å². The van der Waals surface area contributed by atoms with Crippen LogP contribution in [0.4, 0.5) is 0 Å². The van der Waals surface area contributed by atoms with E-state index in [4.69, 9.17) is 0 Å². The van der Waals surface area contributed by atoms with E-state index in [1.54, 1.807) is 0 Å². The molecular formula is C17H32N4. The summed E-state index contributed by atoms with van der Waals surface area (Å²) in [5.74, 6) is 0.758. The van der Waals surface area contributed by atoms with Gasteiger partial charge in [-0.1, -0.05) is 20.8 Å². The molecule has 120 valence electrons. The Balaban J connectivity index is 1.90. The second-order valence-corrected chi connectivity index (χ2v) is 7.44. The number of aromatic nitrogens is 2. The lowest BCUT2D eigenvalue weighted by molar-refractivity contribution is 0.200. The molecule has 1 aromatic heterocycles. The molecule has 0 amide bonds. The first-order valence-electron chi connectivity index (χ1n) is 8.32. The second-order valence-electron chi connectivity index (χ2n) is 7.44. The van der Waals surface area contributed by atoms with Crippen molar-refractivity contribution in [1.82, 2.24) is 20.0 Å². The number of aryl methyl sites for hydroxylation is 1. The van der Waals surface area contributed by atoms with Crippen LogP contribution in [0.25, 0.3) is 0 Å². The van der Waals surface area contributed by atoms with Gasteiger partial charge < -0.3 is 10.2 Å². The van der Waals surface area contributed by atoms with Crippen molar-refractivity contribution in [3.63, 3.8) is 0 Å². The molecule has 0 saturated heterocycles. The first-order chi connectivity index (χ1) is 9.92. The molecule has 0 aliphatic heterocycles. The van der Waals surface area contributed by atoms with Gasteiger partial charge in [-0.2, -0.15) is 5.10 Å². The Labute approximate surface area is 129 Å². The summed E-state index contributed by atoms with van der Waals surface area (Å²) in [6, 6.07) is 0.647. The highest BCUT2D eigenvalue weighted by atomic mass is 15.2. The Morgan fingerprint density at radius 3 is 2.86 bits per heavy atom. The smallest absolute Gasteiger partial charge is 0.0534 e. The van der Waals surface area contributed by atoms with E-state index in [0.29, 0.717) is 11.5 Å². The van der Waals surface area contributed by atoms with Crippen molar-refractivity contribution in [2.75, 3.05) is 20.1 Å². The molecular weight excluding hydrogens is 260 g/mol. The van der Waals surface area contributed by atoms with Gasteiger partial charge in [0.1, 0.15) is 0 Å². The van der Waals surface area contributed by atoms with Crippen LogP contribution in [0.2, 0.25) is 0 Å². The zero-order valence-corrected chi connectivity index (χ0v) is 14.4. The SMILES string of the molecule is CCCNC1C(CN(C)Cc2cnn(C)c2)CCC1(C)C. The summed E-state index contributed by atoms with van der Waals surface area (Å²) in [6.45, 7) is 10.4. The van der Waals surface area contributed by atoms with Gasteiger partial charge in [-0.05, 0) is 44.2 Å². The molecule has 1 N–H and O–H groups in total. The Morgan fingerprint density at radius 2 is 2.24 bits per heavy atom. The van der Waals surface area contributed by atoms with E-state index in [0.717, 1.165) is 19.0 Å². The van der Waals surface area contributed by atoms with Crippen molar-refractivity contribution in [3.8, 4) is 0 Å². The lowest BCUT2D eigenvalue weighted by Crippen LogP contribution is -2.45. The van der Waals surface area contributed by atoms with Crippen molar-refractivity contribution in [2.24, 2.45) is 18.4 Å². The standard InChI is InChI=1S/C17H32N4/c1-6-9-18-16-15(7-8-17(16,2)3)13-20(4)11-14-10-19-21(5)12-14/h10,12,15-16,18H,6-9,11,13H2,1-5H3. The molecule has 0 spiro atoms. The van der Waals surface area contributed by atoms with Gasteiger partial charge in [-0.3, -0.25) is 4.68 Å². The van der Waals surface area contributed by atoms with E-state index in [1.807, 2.05) is 17.9 Å². The molecule has 2 rings (SSSR count). The Morgan fingerprint density at radius 1 is 1.48 bits per heavy atom. The third kappa shape index (κ3) is 4.30. The molecule has 0 aromatic carbocycles. The number of nitrogens with one attached hydrogen (secondary N) is 1. The van der Waals surface area contributed by atoms with Crippen LogP contribution in [0.3, 0.4) is 0 Å². The summed E-state index contributed by atoms with van der Waals surface area (Å²) in [6.07, 6.45) is 7.97. The Kier molecular flexibility index (Phi) is 5.44. The highest BCUT2D eigenvalue weighted by Crippen LogP contribution is 2.41. The molecule has 4 nitrogen and oxygen atoms in total. The van der Waals surface area contributed by atoms with Crippen LogP contribution < -0.4 is 5.32 Å². The maximum absolute atomic E-state index is 4.26. The fraction of sp³-hybridized carbons (Fsp3) is 0.824. The summed E-state index contributed by atoms with van der Waals surface area (Å²) >= 11 is 0. The average Bonchev–Trinajstić information content (AvgIpc) is 2.92. The zero-order valence-electron chi connectivity index (χ0n) is 14.4. The van der Waals surface area contributed by atoms with E-state index in [2.05, 4.69) is 49.3 Å². The molecule has 1 fully saturated rings. The van der Waals surface area contributed by atoms with Crippen LogP contribution in [0.5, 0.6) is 0 Å². The summed E-state index contributed by atoms with van der Waals surface area (Å²) in [5, 5.41) is 8.06. The van der Waals surface area contributed by atoms with Gasteiger partial charge in [-0.25, -0.2) is 0 Å². The quantitative estimate of drug-likeness (QED) is 0.839. The molecule has 1 heterocycles. The minimum Gasteiger partial charge on any atom is -0.313 e. The van der Waals surface area contributed by atoms with Gasteiger partial charge in [-0.15, -0.1) is 0 Å². The van der Waals surface area contributed by atoms with E-state index < -0.39 is 0 Å². The Bertz CT molecular complexity index is 438. The van der Waals surface area contributed by atoms with E-state index in [1.165, 1.54) is 31.4 Å². The maximum atomic E-state index is 4.26. The monoisotopic (exact) mass is 292 g/mol. The number of rotatable bonds is 7. The van der Waals surface area contributed by atoms with Crippen LogP contribution in [0.1, 0.15) is 45.6 Å². The van der Waals surface area contributed by atoms with Crippen molar-refractivity contribution in [2.45, 2.75) is 52.6 Å². The second kappa shape index (κ2) is 6.93. The molecule has 0 radical (unpaired) electrons. The molecule has 1 saturated carbocycles. The summed E-state index contributed by atoms with van der Waals surface area (Å²) in [4.78, 5) is 2.45. The fourth-order valence-corrected chi connectivity index (χ4v) is 3.79. The molecule has 2 unspecified atom stereocenters. The average molecular weight is 292 g/mol. The summed E-state index contributed by atoms with van der Waals surface area (Å²) < 4.78 is 1.88. The molecule has 1 aliphatic rings. The van der Waals surface area contributed by atoms with Crippen LogP contribution in [-0.2, 0) is 13.6 Å². The molecule has 2 atom stereocenters. The van der Waals surface area contributed by atoms with Crippen molar-refractivity contribution < 1.29 is 0 Å². The van der Waals surface area contributed by atoms with Crippen molar-refractivity contribution in [1.29, 1.82) is 0 Å². The molecule has 4 heteroatoms. The van der Waals surface area contributed by atoms with E-state index in [9.17, 15) is 0 Å². The van der Waals surface area contributed by atoms with E-state index in [-0.39, 0.29) is 0 Å². The maximum Gasteiger partial charge on any atom is 0.0534 e. The minimum absolute atomic E-state index is 0.426. The van der Waals surface area contributed by atoms with Gasteiger partial charge in [0.25, 0.3) is 0 Å². The lowest BCUT2D eigenvalue weighted by Gasteiger charge is -2.33. The highest BCUT2D eigenvalue weighted by molar-refractivity contribution is 5.03. The first-order valence-corrected chi connectivity index (χ1v) is 8.32. The first kappa shape index (κ1) is 16.5. The summed E-state index contributed by atoms with van der Waals surface area (Å²) in [5.41, 5.74) is 1.73. The normalized spacial score (nSPS) is 24.9. The molecule has 21 heavy (non-hydrogen) atoms. The van der Waals surface area contributed by atoms with Gasteiger partial charge in [0.15, 0.2) is 0 Å².